The van der Waals surface area contributed by atoms with Crippen LogP contribution in [-0.4, -0.2) is 78.6 Å². The Labute approximate surface area is 249 Å². The van der Waals surface area contributed by atoms with E-state index >= 15 is 0 Å². The SMILES string of the molecule is NC(=NCc1ccccc1)NCCCSC[C@H]1O[C@@H](n2cnc3c(NCCCc4ccccc4)ncnc32)[C@H](O)[C@@H]1O. The first kappa shape index (κ1) is 29.8. The first-order valence-electron chi connectivity index (χ1n) is 14.2. The van der Waals surface area contributed by atoms with Gasteiger partial charge >= 0.3 is 0 Å². The summed E-state index contributed by atoms with van der Waals surface area (Å²) in [5.74, 6) is 2.44. The number of benzene rings is 2. The molecule has 5 rings (SSSR count). The van der Waals surface area contributed by atoms with Crippen LogP contribution in [0.4, 0.5) is 5.82 Å². The van der Waals surface area contributed by atoms with Gasteiger partial charge < -0.3 is 31.3 Å². The number of anilines is 1. The molecule has 0 unspecified atom stereocenters. The molecule has 222 valence electrons. The summed E-state index contributed by atoms with van der Waals surface area (Å²) in [4.78, 5) is 17.6. The Balaban J connectivity index is 1.06. The van der Waals surface area contributed by atoms with Gasteiger partial charge in [0.1, 0.15) is 18.5 Å². The lowest BCUT2D eigenvalue weighted by atomic mass is 10.1. The second-order valence-electron chi connectivity index (χ2n) is 10.2. The molecular weight excluding hydrogens is 552 g/mol. The number of fused-ring (bicyclic) bond motifs is 1. The summed E-state index contributed by atoms with van der Waals surface area (Å²) in [7, 11) is 0. The van der Waals surface area contributed by atoms with Crippen molar-refractivity contribution in [2.75, 3.05) is 29.9 Å². The fourth-order valence-corrected chi connectivity index (χ4v) is 5.84. The Morgan fingerprint density at radius 2 is 1.71 bits per heavy atom. The van der Waals surface area contributed by atoms with Crippen LogP contribution in [0, 0.1) is 0 Å². The van der Waals surface area contributed by atoms with E-state index in [0.29, 0.717) is 41.8 Å². The van der Waals surface area contributed by atoms with Crippen LogP contribution in [0.5, 0.6) is 0 Å². The van der Waals surface area contributed by atoms with Gasteiger partial charge in [0.25, 0.3) is 0 Å². The summed E-state index contributed by atoms with van der Waals surface area (Å²) in [6.07, 6.45) is 2.39. The molecule has 4 aromatic rings. The molecule has 42 heavy (non-hydrogen) atoms. The van der Waals surface area contributed by atoms with E-state index in [4.69, 9.17) is 10.5 Å². The number of aliphatic hydroxyl groups excluding tert-OH is 2. The molecule has 0 bridgehead atoms. The van der Waals surface area contributed by atoms with E-state index in [-0.39, 0.29) is 0 Å². The minimum Gasteiger partial charge on any atom is -0.387 e. The van der Waals surface area contributed by atoms with Crippen LogP contribution in [0.3, 0.4) is 0 Å². The largest absolute Gasteiger partial charge is 0.387 e. The van der Waals surface area contributed by atoms with Crippen LogP contribution < -0.4 is 16.4 Å². The number of aliphatic imine (C=N–C) groups is 1. The number of hydrogen-bond donors (Lipinski definition) is 5. The van der Waals surface area contributed by atoms with Gasteiger partial charge in [0, 0.05) is 18.8 Å². The van der Waals surface area contributed by atoms with Crippen molar-refractivity contribution in [2.24, 2.45) is 10.7 Å². The second kappa shape index (κ2) is 15.0. The Morgan fingerprint density at radius 1 is 0.952 bits per heavy atom. The fourth-order valence-electron chi connectivity index (χ4n) is 4.81. The Hall–Kier alpha value is -3.71. The monoisotopic (exact) mass is 590 g/mol. The predicted octanol–water partition coefficient (Wildman–Crippen LogP) is 2.72. The van der Waals surface area contributed by atoms with E-state index in [2.05, 4.69) is 42.7 Å². The summed E-state index contributed by atoms with van der Waals surface area (Å²) in [5.41, 5.74) is 9.50. The molecule has 4 atom stereocenters. The molecule has 12 heteroatoms. The molecule has 0 amide bonds. The number of aromatic nitrogens is 4. The van der Waals surface area contributed by atoms with Crippen LogP contribution in [0.1, 0.15) is 30.2 Å². The van der Waals surface area contributed by atoms with Crippen molar-refractivity contribution in [1.82, 2.24) is 24.8 Å². The van der Waals surface area contributed by atoms with Gasteiger partial charge in [0.15, 0.2) is 29.2 Å². The van der Waals surface area contributed by atoms with Crippen molar-refractivity contribution in [3.8, 4) is 0 Å². The van der Waals surface area contributed by atoms with Crippen molar-refractivity contribution in [3.63, 3.8) is 0 Å². The highest BCUT2D eigenvalue weighted by Crippen LogP contribution is 2.33. The van der Waals surface area contributed by atoms with E-state index in [1.165, 1.54) is 11.9 Å². The first-order valence-corrected chi connectivity index (χ1v) is 15.4. The molecule has 1 saturated heterocycles. The van der Waals surface area contributed by atoms with Gasteiger partial charge in [-0.05, 0) is 36.1 Å². The molecule has 3 heterocycles. The molecule has 0 aliphatic carbocycles. The number of ether oxygens (including phenoxy) is 1. The average Bonchev–Trinajstić information content (AvgIpc) is 3.57. The Kier molecular flexibility index (Phi) is 10.6. The Morgan fingerprint density at radius 3 is 2.50 bits per heavy atom. The molecule has 1 aliphatic heterocycles. The first-order chi connectivity index (χ1) is 20.6. The van der Waals surface area contributed by atoms with E-state index in [0.717, 1.165) is 37.1 Å². The number of hydrogen-bond acceptors (Lipinski definition) is 9. The average molecular weight is 591 g/mol. The number of aryl methyl sites for hydroxylation is 1. The molecule has 1 fully saturated rings. The highest BCUT2D eigenvalue weighted by molar-refractivity contribution is 7.99. The number of aliphatic hydroxyl groups is 2. The van der Waals surface area contributed by atoms with Gasteiger partial charge in [-0.25, -0.2) is 19.9 Å². The lowest BCUT2D eigenvalue weighted by molar-refractivity contribution is -0.0289. The van der Waals surface area contributed by atoms with Crippen molar-refractivity contribution >= 4 is 34.7 Å². The van der Waals surface area contributed by atoms with Crippen LogP contribution >= 0.6 is 11.8 Å². The fraction of sp³-hybridized carbons (Fsp3) is 0.400. The van der Waals surface area contributed by atoms with Crippen LogP contribution in [-0.2, 0) is 17.7 Å². The summed E-state index contributed by atoms with van der Waals surface area (Å²) >= 11 is 1.66. The Bertz CT molecular complexity index is 1420. The molecule has 1 aliphatic rings. The smallest absolute Gasteiger partial charge is 0.188 e. The minimum absolute atomic E-state index is 0.422. The number of nitrogens with two attached hydrogens (primary N) is 1. The second-order valence-corrected chi connectivity index (χ2v) is 11.3. The lowest BCUT2D eigenvalue weighted by Gasteiger charge is -2.16. The van der Waals surface area contributed by atoms with Crippen LogP contribution in [0.15, 0.2) is 78.3 Å². The van der Waals surface area contributed by atoms with Crippen molar-refractivity contribution in [3.05, 3.63) is 84.4 Å². The molecular formula is C30H38N8O3S. The van der Waals surface area contributed by atoms with Crippen molar-refractivity contribution in [2.45, 2.75) is 50.3 Å². The van der Waals surface area contributed by atoms with Gasteiger partial charge in [-0.1, -0.05) is 60.7 Å². The summed E-state index contributed by atoms with van der Waals surface area (Å²) in [5, 5.41) is 28.0. The quantitative estimate of drug-likeness (QED) is 0.0841. The summed E-state index contributed by atoms with van der Waals surface area (Å²) in [6, 6.07) is 20.3. The highest BCUT2D eigenvalue weighted by atomic mass is 32.2. The number of nitrogens with zero attached hydrogens (tertiary/aromatic N) is 5. The standard InChI is InChI=1S/C30H38N8O3S/c31-30(34-17-22-11-5-2-6-12-22)33-15-8-16-42-18-23-25(39)26(40)29(41-23)38-20-37-24-27(35-19-36-28(24)38)32-14-7-13-21-9-3-1-4-10-21/h1-6,9-12,19-20,23,25-26,29,39-40H,7-8,13-18H2,(H3,31,33,34)(H,32,35,36)/t23-,25-,26-,29-/m1/s1. The number of nitrogens with one attached hydrogen (secondary N) is 2. The zero-order chi connectivity index (χ0) is 29.1. The molecule has 2 aromatic carbocycles. The highest BCUT2D eigenvalue weighted by Gasteiger charge is 2.44. The number of guanidine groups is 1. The predicted molar refractivity (Wildman–Crippen MR) is 166 cm³/mol. The maximum atomic E-state index is 10.8. The van der Waals surface area contributed by atoms with Gasteiger partial charge in [-0.3, -0.25) is 4.57 Å². The molecule has 0 spiro atoms. The van der Waals surface area contributed by atoms with Gasteiger partial charge in [-0.15, -0.1) is 0 Å². The zero-order valence-electron chi connectivity index (χ0n) is 23.4. The maximum Gasteiger partial charge on any atom is 0.188 e. The molecule has 0 saturated carbocycles. The van der Waals surface area contributed by atoms with Gasteiger partial charge in [0.05, 0.1) is 19.0 Å². The maximum absolute atomic E-state index is 10.8. The molecule has 11 nitrogen and oxygen atoms in total. The van der Waals surface area contributed by atoms with Crippen molar-refractivity contribution in [1.29, 1.82) is 0 Å². The van der Waals surface area contributed by atoms with Crippen LogP contribution in [0.25, 0.3) is 11.2 Å². The van der Waals surface area contributed by atoms with E-state index in [1.807, 2.05) is 48.5 Å². The van der Waals surface area contributed by atoms with Crippen LogP contribution in [0.2, 0.25) is 0 Å². The molecule has 6 N–H and O–H groups in total. The third-order valence-corrected chi connectivity index (χ3v) is 8.22. The summed E-state index contributed by atoms with van der Waals surface area (Å²) < 4.78 is 7.78. The van der Waals surface area contributed by atoms with Gasteiger partial charge in [-0.2, -0.15) is 11.8 Å². The topological polar surface area (TPSA) is 156 Å². The number of rotatable bonds is 14. The number of thioether (sulfide) groups is 1. The van der Waals surface area contributed by atoms with E-state index < -0.39 is 24.5 Å². The van der Waals surface area contributed by atoms with E-state index in [1.54, 1.807) is 22.7 Å². The molecule has 2 aromatic heterocycles. The zero-order valence-corrected chi connectivity index (χ0v) is 24.2. The normalized spacial score (nSPS) is 20.7. The third kappa shape index (κ3) is 7.77. The third-order valence-electron chi connectivity index (χ3n) is 7.08. The van der Waals surface area contributed by atoms with E-state index in [9.17, 15) is 10.2 Å². The lowest BCUT2D eigenvalue weighted by Crippen LogP contribution is -2.33. The van der Waals surface area contributed by atoms with Crippen molar-refractivity contribution < 1.29 is 14.9 Å². The van der Waals surface area contributed by atoms with Gasteiger partial charge in [0.2, 0.25) is 0 Å². The summed E-state index contributed by atoms with van der Waals surface area (Å²) in [6.45, 7) is 1.97. The molecule has 0 radical (unpaired) electrons. The number of imidazole rings is 1. The minimum atomic E-state index is -1.10.